The van der Waals surface area contributed by atoms with Crippen LogP contribution in [-0.4, -0.2) is 44.0 Å². The molecule has 10 heteroatoms. The smallest absolute Gasteiger partial charge is 0.387 e. The summed E-state index contributed by atoms with van der Waals surface area (Å²) in [5.74, 6) is -2.91. The third kappa shape index (κ3) is 4.60. The van der Waals surface area contributed by atoms with Crippen molar-refractivity contribution in [1.29, 1.82) is 0 Å². The number of rotatable bonds is 7. The quantitative estimate of drug-likeness (QED) is 0.821. The minimum atomic E-state index is -4.36. The van der Waals surface area contributed by atoms with E-state index in [1.807, 2.05) is 0 Å². The average molecular weight is 327 g/mol. The molecule has 0 heterocycles. The summed E-state index contributed by atoms with van der Waals surface area (Å²) in [7, 11) is -3.31. The molecule has 0 saturated carbocycles. The molecule has 0 unspecified atom stereocenters. The van der Waals surface area contributed by atoms with Crippen LogP contribution in [0, 0.1) is 5.82 Å². The van der Waals surface area contributed by atoms with E-state index in [1.54, 1.807) is 0 Å². The van der Waals surface area contributed by atoms with E-state index in [0.29, 0.717) is 10.4 Å². The van der Waals surface area contributed by atoms with Crippen LogP contribution in [0.1, 0.15) is 6.42 Å². The van der Waals surface area contributed by atoms with Gasteiger partial charge in [-0.15, -0.1) is 0 Å². The molecule has 1 aromatic carbocycles. The Bertz CT molecular complexity index is 620. The summed E-state index contributed by atoms with van der Waals surface area (Å²) < 4.78 is 66.6. The van der Waals surface area contributed by atoms with Crippen LogP contribution in [0.2, 0.25) is 0 Å². The lowest BCUT2D eigenvalue weighted by Crippen LogP contribution is -2.29. The maximum atomic E-state index is 13.2. The Morgan fingerprint density at radius 2 is 2.05 bits per heavy atom. The number of alkyl halides is 2. The summed E-state index contributed by atoms with van der Waals surface area (Å²) >= 11 is 0. The van der Waals surface area contributed by atoms with Crippen LogP contribution in [0.4, 0.5) is 13.2 Å². The van der Waals surface area contributed by atoms with Crippen molar-refractivity contribution >= 4 is 16.0 Å². The molecule has 0 aromatic heterocycles. The van der Waals surface area contributed by atoms with Crippen molar-refractivity contribution in [3.05, 3.63) is 24.0 Å². The molecule has 6 nitrogen and oxygen atoms in total. The molecule has 0 spiro atoms. The molecule has 118 valence electrons. The molecule has 0 saturated heterocycles. The minimum absolute atomic E-state index is 0.400. The number of hydrogen-bond acceptors (Lipinski definition) is 4. The third-order valence-corrected chi connectivity index (χ3v) is 4.33. The van der Waals surface area contributed by atoms with Gasteiger partial charge in [0.15, 0.2) is 0 Å². The van der Waals surface area contributed by atoms with E-state index in [4.69, 9.17) is 5.11 Å². The SMILES string of the molecule is CN(CCC(=O)O)S(=O)(=O)c1cc(F)ccc1OC(F)F. The van der Waals surface area contributed by atoms with Gasteiger partial charge in [0.25, 0.3) is 0 Å². The molecule has 1 aromatic rings. The number of nitrogens with zero attached hydrogens (tertiary/aromatic N) is 1. The van der Waals surface area contributed by atoms with E-state index in [1.165, 1.54) is 0 Å². The van der Waals surface area contributed by atoms with Crippen molar-refractivity contribution in [3.8, 4) is 5.75 Å². The first-order valence-electron chi connectivity index (χ1n) is 5.57. The Morgan fingerprint density at radius 1 is 1.43 bits per heavy atom. The van der Waals surface area contributed by atoms with E-state index in [-0.39, 0.29) is 0 Å². The van der Waals surface area contributed by atoms with Crippen LogP contribution in [-0.2, 0) is 14.8 Å². The van der Waals surface area contributed by atoms with Crippen LogP contribution in [0.25, 0.3) is 0 Å². The normalized spacial score (nSPS) is 11.9. The molecule has 0 fully saturated rings. The largest absolute Gasteiger partial charge is 0.481 e. The number of halogens is 3. The molecule has 21 heavy (non-hydrogen) atoms. The fourth-order valence-corrected chi connectivity index (χ4v) is 2.72. The number of carbonyl (C=O) groups is 1. The van der Waals surface area contributed by atoms with Crippen LogP contribution in [0.5, 0.6) is 5.75 Å². The van der Waals surface area contributed by atoms with Gasteiger partial charge in [-0.05, 0) is 18.2 Å². The lowest BCUT2D eigenvalue weighted by molar-refractivity contribution is -0.137. The fourth-order valence-electron chi connectivity index (χ4n) is 1.42. The van der Waals surface area contributed by atoms with Gasteiger partial charge in [0, 0.05) is 13.6 Å². The van der Waals surface area contributed by atoms with Gasteiger partial charge in [-0.2, -0.15) is 8.78 Å². The van der Waals surface area contributed by atoms with Gasteiger partial charge in [0.1, 0.15) is 16.5 Å². The zero-order chi connectivity index (χ0) is 16.2. The first-order valence-corrected chi connectivity index (χ1v) is 7.01. The van der Waals surface area contributed by atoms with Gasteiger partial charge in [-0.3, -0.25) is 4.79 Å². The highest BCUT2D eigenvalue weighted by molar-refractivity contribution is 7.89. The highest BCUT2D eigenvalue weighted by atomic mass is 32.2. The molecule has 0 amide bonds. The second-order valence-electron chi connectivity index (χ2n) is 3.94. The van der Waals surface area contributed by atoms with Crippen LogP contribution in [0.3, 0.4) is 0 Å². The maximum Gasteiger partial charge on any atom is 0.387 e. The number of ether oxygens (including phenoxy) is 1. The summed E-state index contributed by atoms with van der Waals surface area (Å²) in [5.41, 5.74) is 0. The zero-order valence-electron chi connectivity index (χ0n) is 10.8. The van der Waals surface area contributed by atoms with Crippen LogP contribution in [0.15, 0.2) is 23.1 Å². The lowest BCUT2D eigenvalue weighted by Gasteiger charge is -2.18. The topological polar surface area (TPSA) is 83.9 Å². The molecule has 1 rings (SSSR count). The van der Waals surface area contributed by atoms with Crippen molar-refractivity contribution in [1.82, 2.24) is 4.31 Å². The van der Waals surface area contributed by atoms with E-state index >= 15 is 0 Å². The molecule has 0 atom stereocenters. The van der Waals surface area contributed by atoms with Crippen LogP contribution >= 0.6 is 0 Å². The number of aliphatic carboxylic acids is 1. The first kappa shape index (κ1) is 17.2. The molecular weight excluding hydrogens is 315 g/mol. The molecule has 1 N–H and O–H groups in total. The monoisotopic (exact) mass is 327 g/mol. The summed E-state index contributed by atoms with van der Waals surface area (Å²) in [5, 5.41) is 8.51. The van der Waals surface area contributed by atoms with Crippen molar-refractivity contribution in [2.24, 2.45) is 0 Å². The van der Waals surface area contributed by atoms with E-state index < -0.39 is 52.0 Å². The lowest BCUT2D eigenvalue weighted by atomic mass is 10.3. The molecule has 0 bridgehead atoms. The Labute approximate surface area is 118 Å². The zero-order valence-corrected chi connectivity index (χ0v) is 11.6. The fraction of sp³-hybridized carbons (Fsp3) is 0.364. The Hall–Kier alpha value is -1.81. The van der Waals surface area contributed by atoms with Gasteiger partial charge in [-0.1, -0.05) is 0 Å². The molecule has 0 aliphatic heterocycles. The predicted octanol–water partition coefficient (Wildman–Crippen LogP) is 1.52. The van der Waals surface area contributed by atoms with E-state index in [2.05, 4.69) is 4.74 Å². The van der Waals surface area contributed by atoms with Gasteiger partial charge in [0.05, 0.1) is 6.42 Å². The van der Waals surface area contributed by atoms with Crippen LogP contribution < -0.4 is 4.74 Å². The second-order valence-corrected chi connectivity index (χ2v) is 5.95. The predicted molar refractivity (Wildman–Crippen MR) is 65.1 cm³/mol. The highest BCUT2D eigenvalue weighted by Gasteiger charge is 2.27. The number of hydrogen-bond donors (Lipinski definition) is 1. The Kier molecular flexibility index (Phi) is 5.55. The maximum absolute atomic E-state index is 13.2. The number of sulfonamides is 1. The highest BCUT2D eigenvalue weighted by Crippen LogP contribution is 2.28. The van der Waals surface area contributed by atoms with Crippen molar-refractivity contribution < 1.29 is 36.2 Å². The van der Waals surface area contributed by atoms with E-state index in [9.17, 15) is 26.4 Å². The van der Waals surface area contributed by atoms with E-state index in [0.717, 1.165) is 19.2 Å². The molecule has 0 aliphatic carbocycles. The number of carboxylic acid groups (broad SMARTS) is 1. The Balaban J connectivity index is 3.16. The van der Waals surface area contributed by atoms with Gasteiger partial charge < -0.3 is 9.84 Å². The van der Waals surface area contributed by atoms with Gasteiger partial charge in [0.2, 0.25) is 10.0 Å². The van der Waals surface area contributed by atoms with Crippen molar-refractivity contribution in [2.75, 3.05) is 13.6 Å². The standard InChI is InChI=1S/C11H12F3NO5S/c1-15(5-4-10(16)17)21(18,19)9-6-7(12)2-3-8(9)20-11(13)14/h2-3,6,11H,4-5H2,1H3,(H,16,17). The summed E-state index contributed by atoms with van der Waals surface area (Å²) in [6.07, 6.45) is -0.490. The number of benzene rings is 1. The minimum Gasteiger partial charge on any atom is -0.481 e. The molecule has 0 radical (unpaired) electrons. The molecular formula is C11H12F3NO5S. The summed E-state index contributed by atoms with van der Waals surface area (Å²) in [6, 6.07) is 2.07. The van der Waals surface area contributed by atoms with Crippen molar-refractivity contribution in [2.45, 2.75) is 17.9 Å². The van der Waals surface area contributed by atoms with Gasteiger partial charge >= 0.3 is 12.6 Å². The Morgan fingerprint density at radius 3 is 2.57 bits per heavy atom. The van der Waals surface area contributed by atoms with Crippen molar-refractivity contribution in [3.63, 3.8) is 0 Å². The summed E-state index contributed by atoms with van der Waals surface area (Å²) in [6.45, 7) is -3.68. The summed E-state index contributed by atoms with van der Waals surface area (Å²) in [4.78, 5) is 9.63. The second kappa shape index (κ2) is 6.76. The number of carboxylic acids is 1. The van der Waals surface area contributed by atoms with Gasteiger partial charge in [-0.25, -0.2) is 17.1 Å². The molecule has 0 aliphatic rings. The first-order chi connectivity index (χ1) is 9.64. The average Bonchev–Trinajstić information content (AvgIpc) is 2.37. The third-order valence-electron chi connectivity index (χ3n) is 2.45.